The number of hydrogen-bond acceptors (Lipinski definition) is 3. The van der Waals surface area contributed by atoms with Crippen molar-refractivity contribution < 1.29 is 5.11 Å². The summed E-state index contributed by atoms with van der Waals surface area (Å²) >= 11 is 1.67. The fourth-order valence-electron chi connectivity index (χ4n) is 1.64. The summed E-state index contributed by atoms with van der Waals surface area (Å²) in [5.41, 5.74) is 3.51. The van der Waals surface area contributed by atoms with Crippen molar-refractivity contribution in [1.29, 1.82) is 0 Å². The van der Waals surface area contributed by atoms with Crippen molar-refractivity contribution in [2.24, 2.45) is 0 Å². The van der Waals surface area contributed by atoms with E-state index in [1.54, 1.807) is 11.3 Å². The largest absolute Gasteiger partial charge is 0.396 e. The van der Waals surface area contributed by atoms with E-state index in [-0.39, 0.29) is 6.61 Å². The van der Waals surface area contributed by atoms with Gasteiger partial charge in [0.25, 0.3) is 0 Å². The Morgan fingerprint density at radius 1 is 1.31 bits per heavy atom. The van der Waals surface area contributed by atoms with E-state index in [4.69, 9.17) is 5.11 Å². The topological polar surface area (TPSA) is 33.1 Å². The van der Waals surface area contributed by atoms with Crippen molar-refractivity contribution in [1.82, 2.24) is 4.98 Å². The molecule has 0 unspecified atom stereocenters. The Bertz CT molecular complexity index is 464. The van der Waals surface area contributed by atoms with E-state index in [2.05, 4.69) is 29.4 Å². The number of benzene rings is 1. The van der Waals surface area contributed by atoms with Gasteiger partial charge in [-0.2, -0.15) is 0 Å². The molecule has 84 valence electrons. The van der Waals surface area contributed by atoms with Crippen molar-refractivity contribution >= 4 is 11.3 Å². The fraction of sp³-hybridized carbons (Fsp3) is 0.308. The molecule has 2 nitrogen and oxygen atoms in total. The molecule has 0 radical (unpaired) electrons. The van der Waals surface area contributed by atoms with E-state index < -0.39 is 0 Å². The van der Waals surface area contributed by atoms with E-state index in [9.17, 15) is 0 Å². The summed E-state index contributed by atoms with van der Waals surface area (Å²) in [5, 5.41) is 12.0. The highest BCUT2D eigenvalue weighted by atomic mass is 32.1. The standard InChI is InChI=1S/C13H15NOS/c1-10-5-2-3-6-11(10)12-9-16-13(14-12)7-4-8-15/h2-3,5-6,9,15H,4,7-8H2,1H3. The number of rotatable bonds is 4. The monoisotopic (exact) mass is 233 g/mol. The molecule has 0 atom stereocenters. The summed E-state index contributed by atoms with van der Waals surface area (Å²) < 4.78 is 0. The summed E-state index contributed by atoms with van der Waals surface area (Å²) in [7, 11) is 0. The first-order chi connectivity index (χ1) is 7.81. The van der Waals surface area contributed by atoms with Gasteiger partial charge in [-0.25, -0.2) is 4.98 Å². The van der Waals surface area contributed by atoms with Crippen molar-refractivity contribution in [3.8, 4) is 11.3 Å². The molecular formula is C13H15NOS. The van der Waals surface area contributed by atoms with E-state index in [0.717, 1.165) is 23.5 Å². The Kier molecular flexibility index (Phi) is 3.70. The second-order valence-corrected chi connectivity index (χ2v) is 4.71. The van der Waals surface area contributed by atoms with Crippen LogP contribution in [0.4, 0.5) is 0 Å². The number of aromatic nitrogens is 1. The van der Waals surface area contributed by atoms with Crippen molar-refractivity contribution in [3.63, 3.8) is 0 Å². The van der Waals surface area contributed by atoms with Crippen LogP contribution in [0.3, 0.4) is 0 Å². The molecule has 0 aliphatic heterocycles. The minimum absolute atomic E-state index is 0.235. The van der Waals surface area contributed by atoms with Gasteiger partial charge < -0.3 is 5.11 Å². The SMILES string of the molecule is Cc1ccccc1-c1csc(CCCO)n1. The molecule has 1 heterocycles. The fourth-order valence-corrected chi connectivity index (χ4v) is 2.48. The van der Waals surface area contributed by atoms with Gasteiger partial charge in [-0.05, 0) is 18.9 Å². The van der Waals surface area contributed by atoms with Gasteiger partial charge in [0.05, 0.1) is 10.7 Å². The Morgan fingerprint density at radius 3 is 2.88 bits per heavy atom. The Morgan fingerprint density at radius 2 is 2.12 bits per heavy atom. The first kappa shape index (κ1) is 11.3. The predicted molar refractivity (Wildman–Crippen MR) is 67.7 cm³/mol. The first-order valence-corrected chi connectivity index (χ1v) is 6.30. The highest BCUT2D eigenvalue weighted by Crippen LogP contribution is 2.25. The molecule has 0 spiro atoms. The van der Waals surface area contributed by atoms with Crippen LogP contribution in [-0.4, -0.2) is 16.7 Å². The predicted octanol–water partition coefficient (Wildman–Crippen LogP) is 3.04. The van der Waals surface area contributed by atoms with Crippen molar-refractivity contribution in [3.05, 3.63) is 40.2 Å². The Labute approximate surface area is 99.6 Å². The summed E-state index contributed by atoms with van der Waals surface area (Å²) in [5.74, 6) is 0. The molecular weight excluding hydrogens is 218 g/mol. The second kappa shape index (κ2) is 5.23. The Hall–Kier alpha value is -1.19. The van der Waals surface area contributed by atoms with E-state index in [1.807, 2.05) is 12.1 Å². The zero-order valence-electron chi connectivity index (χ0n) is 9.31. The number of aryl methyl sites for hydroxylation is 2. The average Bonchev–Trinajstić information content (AvgIpc) is 2.75. The number of thiazole rings is 1. The van der Waals surface area contributed by atoms with Gasteiger partial charge in [-0.3, -0.25) is 0 Å². The van der Waals surface area contributed by atoms with Crippen LogP contribution in [-0.2, 0) is 6.42 Å². The van der Waals surface area contributed by atoms with Crippen LogP contribution in [0.15, 0.2) is 29.6 Å². The van der Waals surface area contributed by atoms with Crippen LogP contribution in [0.2, 0.25) is 0 Å². The molecule has 0 amide bonds. The lowest BCUT2D eigenvalue weighted by molar-refractivity contribution is 0.288. The van der Waals surface area contributed by atoms with Gasteiger partial charge in [-0.15, -0.1) is 11.3 Å². The molecule has 2 rings (SSSR count). The smallest absolute Gasteiger partial charge is 0.0933 e. The molecule has 0 aliphatic carbocycles. The minimum atomic E-state index is 0.235. The maximum absolute atomic E-state index is 8.77. The van der Waals surface area contributed by atoms with Gasteiger partial charge in [0, 0.05) is 24.0 Å². The van der Waals surface area contributed by atoms with Gasteiger partial charge >= 0.3 is 0 Å². The first-order valence-electron chi connectivity index (χ1n) is 5.42. The Balaban J connectivity index is 2.22. The summed E-state index contributed by atoms with van der Waals surface area (Å²) in [4.78, 5) is 4.59. The molecule has 0 bridgehead atoms. The third kappa shape index (κ3) is 2.49. The summed E-state index contributed by atoms with van der Waals surface area (Å²) in [6.45, 7) is 2.33. The van der Waals surface area contributed by atoms with Crippen LogP contribution in [0.5, 0.6) is 0 Å². The molecule has 0 fully saturated rings. The van der Waals surface area contributed by atoms with E-state index >= 15 is 0 Å². The molecule has 1 aromatic heterocycles. The molecule has 0 saturated heterocycles. The van der Waals surface area contributed by atoms with E-state index in [0.29, 0.717) is 0 Å². The van der Waals surface area contributed by atoms with E-state index in [1.165, 1.54) is 11.1 Å². The van der Waals surface area contributed by atoms with Crippen molar-refractivity contribution in [2.45, 2.75) is 19.8 Å². The van der Waals surface area contributed by atoms with Crippen LogP contribution in [0.1, 0.15) is 17.0 Å². The quantitative estimate of drug-likeness (QED) is 0.880. The molecule has 3 heteroatoms. The maximum Gasteiger partial charge on any atom is 0.0933 e. The van der Waals surface area contributed by atoms with Crippen molar-refractivity contribution in [2.75, 3.05) is 6.61 Å². The number of hydrogen-bond donors (Lipinski definition) is 1. The third-order valence-electron chi connectivity index (χ3n) is 2.52. The second-order valence-electron chi connectivity index (χ2n) is 3.77. The van der Waals surface area contributed by atoms with Gasteiger partial charge in [0.15, 0.2) is 0 Å². The molecule has 0 saturated carbocycles. The van der Waals surface area contributed by atoms with Gasteiger partial charge in [0.1, 0.15) is 0 Å². The number of aliphatic hydroxyl groups is 1. The van der Waals surface area contributed by atoms with Gasteiger partial charge in [0.2, 0.25) is 0 Å². The molecule has 1 aromatic carbocycles. The normalized spacial score (nSPS) is 10.6. The zero-order chi connectivity index (χ0) is 11.4. The lowest BCUT2D eigenvalue weighted by atomic mass is 10.1. The summed E-state index contributed by atoms with van der Waals surface area (Å²) in [6.07, 6.45) is 1.66. The average molecular weight is 233 g/mol. The lowest BCUT2D eigenvalue weighted by Crippen LogP contribution is -1.89. The molecule has 2 aromatic rings. The van der Waals surface area contributed by atoms with Gasteiger partial charge in [-0.1, -0.05) is 24.3 Å². The highest BCUT2D eigenvalue weighted by molar-refractivity contribution is 7.09. The number of nitrogens with zero attached hydrogens (tertiary/aromatic N) is 1. The van der Waals surface area contributed by atoms with Crippen LogP contribution in [0.25, 0.3) is 11.3 Å². The molecule has 0 aliphatic rings. The summed E-state index contributed by atoms with van der Waals surface area (Å²) in [6, 6.07) is 8.27. The van der Waals surface area contributed by atoms with Crippen LogP contribution < -0.4 is 0 Å². The molecule has 16 heavy (non-hydrogen) atoms. The third-order valence-corrected chi connectivity index (χ3v) is 3.43. The minimum Gasteiger partial charge on any atom is -0.396 e. The zero-order valence-corrected chi connectivity index (χ0v) is 10.1. The maximum atomic E-state index is 8.77. The van der Waals surface area contributed by atoms with Crippen LogP contribution >= 0.6 is 11.3 Å². The lowest BCUT2D eigenvalue weighted by Gasteiger charge is -2.00. The number of aliphatic hydroxyl groups excluding tert-OH is 1. The molecule has 1 N–H and O–H groups in total. The van der Waals surface area contributed by atoms with Crippen LogP contribution in [0, 0.1) is 6.92 Å². The highest BCUT2D eigenvalue weighted by Gasteiger charge is 2.06.